The van der Waals surface area contributed by atoms with Crippen molar-refractivity contribution in [3.05, 3.63) is 48.0 Å². The van der Waals surface area contributed by atoms with Crippen molar-refractivity contribution in [3.8, 4) is 17.0 Å². The maximum Gasteiger partial charge on any atom is 0.143 e. The molecule has 0 unspecified atom stereocenters. The van der Waals surface area contributed by atoms with E-state index in [1.807, 2.05) is 12.1 Å². The van der Waals surface area contributed by atoms with E-state index >= 15 is 0 Å². The summed E-state index contributed by atoms with van der Waals surface area (Å²) in [7, 11) is 1.66. The summed E-state index contributed by atoms with van der Waals surface area (Å²) in [4.78, 5) is 3.39. The highest BCUT2D eigenvalue weighted by Crippen LogP contribution is 2.33. The van der Waals surface area contributed by atoms with E-state index in [2.05, 4.69) is 42.2 Å². The van der Waals surface area contributed by atoms with Crippen LogP contribution in [0.1, 0.15) is 5.56 Å². The summed E-state index contributed by atoms with van der Waals surface area (Å²) in [6.45, 7) is 2.08. The number of anilines is 1. The topological polar surface area (TPSA) is 51.0 Å². The van der Waals surface area contributed by atoms with Crippen LogP contribution >= 0.6 is 0 Å². The highest BCUT2D eigenvalue weighted by Gasteiger charge is 2.10. The third-order valence-electron chi connectivity index (χ3n) is 3.34. The van der Waals surface area contributed by atoms with Gasteiger partial charge in [0.25, 0.3) is 0 Å². The summed E-state index contributed by atoms with van der Waals surface area (Å²) >= 11 is 0. The van der Waals surface area contributed by atoms with Crippen LogP contribution in [-0.4, -0.2) is 12.1 Å². The Balaban J connectivity index is 2.24. The first-order valence-corrected chi connectivity index (χ1v) is 6.21. The molecule has 96 valence electrons. The van der Waals surface area contributed by atoms with Crippen LogP contribution in [0.5, 0.6) is 5.75 Å². The van der Waals surface area contributed by atoms with Gasteiger partial charge >= 0.3 is 0 Å². The summed E-state index contributed by atoms with van der Waals surface area (Å²) in [5.74, 6) is 0.808. The largest absolute Gasteiger partial charge is 0.495 e. The highest BCUT2D eigenvalue weighted by atomic mass is 16.5. The lowest BCUT2D eigenvalue weighted by Gasteiger charge is -2.02. The van der Waals surface area contributed by atoms with Gasteiger partial charge in [-0.2, -0.15) is 0 Å². The van der Waals surface area contributed by atoms with E-state index in [4.69, 9.17) is 10.5 Å². The van der Waals surface area contributed by atoms with E-state index in [1.165, 1.54) is 5.56 Å². The Morgan fingerprint density at radius 2 is 1.95 bits per heavy atom. The Kier molecular flexibility index (Phi) is 2.67. The second-order valence-electron chi connectivity index (χ2n) is 4.70. The van der Waals surface area contributed by atoms with Gasteiger partial charge in [0.15, 0.2) is 0 Å². The minimum absolute atomic E-state index is 0.756. The number of methoxy groups -OCH3 is 1. The number of benzene rings is 2. The average molecular weight is 252 g/mol. The number of H-pyrrole nitrogens is 1. The van der Waals surface area contributed by atoms with Crippen molar-refractivity contribution in [2.24, 2.45) is 0 Å². The molecule has 2 aromatic carbocycles. The zero-order valence-electron chi connectivity index (χ0n) is 11.0. The first-order valence-electron chi connectivity index (χ1n) is 6.21. The molecule has 3 rings (SSSR count). The smallest absolute Gasteiger partial charge is 0.143 e. The molecule has 3 heteroatoms. The van der Waals surface area contributed by atoms with Crippen LogP contribution in [0, 0.1) is 6.92 Å². The molecule has 0 bridgehead atoms. The molecule has 0 atom stereocenters. The van der Waals surface area contributed by atoms with Gasteiger partial charge in [-0.15, -0.1) is 0 Å². The molecule has 19 heavy (non-hydrogen) atoms. The molecule has 1 aromatic heterocycles. The van der Waals surface area contributed by atoms with Crippen LogP contribution in [0.3, 0.4) is 0 Å². The summed E-state index contributed by atoms with van der Waals surface area (Å²) < 4.78 is 5.37. The Labute approximate surface area is 112 Å². The molecule has 1 heterocycles. The Bertz CT molecular complexity index is 744. The number of nitrogen functional groups attached to an aromatic ring is 1. The number of hydrogen-bond donors (Lipinski definition) is 2. The molecule has 3 N–H and O–H groups in total. The molecule has 0 fully saturated rings. The monoisotopic (exact) mass is 252 g/mol. The summed E-state index contributed by atoms with van der Waals surface area (Å²) in [5.41, 5.74) is 11.2. The van der Waals surface area contributed by atoms with Gasteiger partial charge in [-0.3, -0.25) is 0 Å². The van der Waals surface area contributed by atoms with Gasteiger partial charge in [-0.1, -0.05) is 23.8 Å². The van der Waals surface area contributed by atoms with Crippen LogP contribution in [0.15, 0.2) is 42.5 Å². The third-order valence-corrected chi connectivity index (χ3v) is 3.34. The Morgan fingerprint density at radius 1 is 1.11 bits per heavy atom. The molecule has 0 aliphatic carbocycles. The molecule has 0 saturated heterocycles. The number of nitrogens with two attached hydrogens (primary N) is 1. The zero-order chi connectivity index (χ0) is 13.4. The van der Waals surface area contributed by atoms with Gasteiger partial charge in [-0.05, 0) is 36.8 Å². The van der Waals surface area contributed by atoms with Gasteiger partial charge < -0.3 is 15.5 Å². The number of aromatic nitrogens is 1. The molecule has 0 radical (unpaired) electrons. The first-order chi connectivity index (χ1) is 9.19. The van der Waals surface area contributed by atoms with Crippen molar-refractivity contribution >= 4 is 16.6 Å². The van der Waals surface area contributed by atoms with Crippen molar-refractivity contribution in [2.45, 2.75) is 6.92 Å². The maximum atomic E-state index is 6.03. The lowest BCUT2D eigenvalue weighted by atomic mass is 10.1. The van der Waals surface area contributed by atoms with Crippen molar-refractivity contribution in [3.63, 3.8) is 0 Å². The van der Waals surface area contributed by atoms with E-state index in [9.17, 15) is 0 Å². The van der Waals surface area contributed by atoms with Gasteiger partial charge in [-0.25, -0.2) is 0 Å². The zero-order valence-corrected chi connectivity index (χ0v) is 11.0. The standard InChI is InChI=1S/C16H16N2O/c1-10-4-3-5-11(8-10)14-9-12-13(17)6-7-15(19-2)16(12)18-14/h3-9,18H,17H2,1-2H3. The fraction of sp³-hybridized carbons (Fsp3) is 0.125. The summed E-state index contributed by atoms with van der Waals surface area (Å²) in [6, 6.07) is 14.2. The molecule has 0 spiro atoms. The van der Waals surface area contributed by atoms with E-state index in [0.717, 1.165) is 33.6 Å². The second kappa shape index (κ2) is 4.35. The van der Waals surface area contributed by atoms with E-state index in [0.29, 0.717) is 0 Å². The van der Waals surface area contributed by atoms with E-state index in [1.54, 1.807) is 7.11 Å². The normalized spacial score (nSPS) is 10.8. The molecule has 0 aliphatic heterocycles. The summed E-state index contributed by atoms with van der Waals surface area (Å²) in [5, 5.41) is 0.996. The van der Waals surface area contributed by atoms with Crippen molar-refractivity contribution in [1.29, 1.82) is 0 Å². The molecule has 3 nitrogen and oxygen atoms in total. The fourth-order valence-electron chi connectivity index (χ4n) is 2.35. The van der Waals surface area contributed by atoms with Gasteiger partial charge in [0.05, 0.1) is 12.6 Å². The minimum Gasteiger partial charge on any atom is -0.495 e. The molecule has 0 saturated carbocycles. The Hall–Kier alpha value is -2.42. The van der Waals surface area contributed by atoms with Crippen LogP contribution in [-0.2, 0) is 0 Å². The highest BCUT2D eigenvalue weighted by molar-refractivity contribution is 5.98. The average Bonchev–Trinajstić information content (AvgIpc) is 2.85. The van der Waals surface area contributed by atoms with Crippen molar-refractivity contribution in [1.82, 2.24) is 4.98 Å². The molecule has 0 amide bonds. The molecule has 3 aromatic rings. The van der Waals surface area contributed by atoms with Crippen LogP contribution in [0.25, 0.3) is 22.2 Å². The number of aryl methyl sites for hydroxylation is 1. The number of hydrogen-bond acceptors (Lipinski definition) is 2. The van der Waals surface area contributed by atoms with Crippen LogP contribution in [0.2, 0.25) is 0 Å². The number of rotatable bonds is 2. The number of ether oxygens (including phenoxy) is 1. The van der Waals surface area contributed by atoms with Crippen LogP contribution in [0.4, 0.5) is 5.69 Å². The fourth-order valence-corrected chi connectivity index (χ4v) is 2.35. The number of aromatic amines is 1. The molecule has 0 aliphatic rings. The van der Waals surface area contributed by atoms with Gasteiger partial charge in [0, 0.05) is 16.8 Å². The van der Waals surface area contributed by atoms with Gasteiger partial charge in [0.2, 0.25) is 0 Å². The first kappa shape index (κ1) is 11.7. The second-order valence-corrected chi connectivity index (χ2v) is 4.70. The Morgan fingerprint density at radius 3 is 2.68 bits per heavy atom. The number of fused-ring (bicyclic) bond motifs is 1. The van der Waals surface area contributed by atoms with Crippen molar-refractivity contribution in [2.75, 3.05) is 12.8 Å². The van der Waals surface area contributed by atoms with E-state index in [-0.39, 0.29) is 0 Å². The van der Waals surface area contributed by atoms with E-state index < -0.39 is 0 Å². The predicted octanol–water partition coefficient (Wildman–Crippen LogP) is 3.73. The lowest BCUT2D eigenvalue weighted by Crippen LogP contribution is -1.88. The molecular formula is C16H16N2O. The molecular weight excluding hydrogens is 236 g/mol. The van der Waals surface area contributed by atoms with Gasteiger partial charge in [0.1, 0.15) is 5.75 Å². The quantitative estimate of drug-likeness (QED) is 0.683. The lowest BCUT2D eigenvalue weighted by molar-refractivity contribution is 0.419. The summed E-state index contributed by atoms with van der Waals surface area (Å²) in [6.07, 6.45) is 0. The third kappa shape index (κ3) is 1.93. The predicted molar refractivity (Wildman–Crippen MR) is 79.4 cm³/mol. The van der Waals surface area contributed by atoms with Crippen molar-refractivity contribution < 1.29 is 4.74 Å². The van der Waals surface area contributed by atoms with Crippen LogP contribution < -0.4 is 10.5 Å². The maximum absolute atomic E-state index is 6.03. The SMILES string of the molecule is COc1ccc(N)c2cc(-c3cccc(C)c3)[nH]c12. The number of nitrogens with one attached hydrogen (secondary N) is 1. The minimum atomic E-state index is 0.756.